The zero-order valence-electron chi connectivity index (χ0n) is 16.3. The molecule has 2 fully saturated rings. The normalized spacial score (nSPS) is 24.3. The summed E-state index contributed by atoms with van der Waals surface area (Å²) in [6.45, 7) is 6.58. The molecule has 1 saturated carbocycles. The van der Waals surface area contributed by atoms with E-state index in [0.29, 0.717) is 26.1 Å². The van der Waals surface area contributed by atoms with E-state index in [4.69, 9.17) is 0 Å². The Morgan fingerprint density at radius 1 is 1.26 bits per heavy atom. The van der Waals surface area contributed by atoms with E-state index in [0.717, 1.165) is 31.4 Å². The summed E-state index contributed by atoms with van der Waals surface area (Å²) < 4.78 is 2.10. The number of carbonyl (C=O) groups excluding carboxylic acids is 2. The maximum Gasteiger partial charge on any atom is 0.225 e. The van der Waals surface area contributed by atoms with Crippen LogP contribution in [0.25, 0.3) is 0 Å². The number of hydrogen-bond donors (Lipinski definition) is 1. The smallest absolute Gasteiger partial charge is 0.225 e. The lowest BCUT2D eigenvalue weighted by atomic mass is 9.94. The summed E-state index contributed by atoms with van der Waals surface area (Å²) in [5.41, 5.74) is 2.17. The van der Waals surface area contributed by atoms with Gasteiger partial charge < -0.3 is 10.2 Å². The van der Waals surface area contributed by atoms with E-state index in [2.05, 4.69) is 26.1 Å². The third-order valence-corrected chi connectivity index (χ3v) is 6.38. The Morgan fingerprint density at radius 3 is 2.81 bits per heavy atom. The van der Waals surface area contributed by atoms with Crippen LogP contribution in [0.2, 0.25) is 0 Å². The van der Waals surface area contributed by atoms with E-state index in [1.807, 2.05) is 6.92 Å². The van der Waals surface area contributed by atoms with Gasteiger partial charge in [0.1, 0.15) is 0 Å². The van der Waals surface area contributed by atoms with Crippen LogP contribution in [0.1, 0.15) is 56.8 Å². The van der Waals surface area contributed by atoms with Crippen molar-refractivity contribution < 1.29 is 9.59 Å². The molecule has 1 N–H and O–H groups in total. The molecule has 7 heteroatoms. The van der Waals surface area contributed by atoms with Gasteiger partial charge in [-0.05, 0) is 25.8 Å². The maximum absolute atomic E-state index is 12.4. The molecule has 0 bridgehead atoms. The molecular formula is C20H31N5O2. The standard InChI is InChI=1S/C20H31N5O2/c1-2-23-13-15(10-19(23)26)20(27)21-12-16-11-18-14-24(8-9-25(18)22-16)17-6-4-3-5-7-17/h11,15,17H,2-10,12-14H2,1H3,(H,21,27). The van der Waals surface area contributed by atoms with Crippen molar-refractivity contribution in [2.45, 2.75) is 71.1 Å². The first kappa shape index (κ1) is 18.5. The molecule has 0 aromatic carbocycles. The summed E-state index contributed by atoms with van der Waals surface area (Å²) in [4.78, 5) is 28.6. The van der Waals surface area contributed by atoms with Crippen molar-refractivity contribution in [2.24, 2.45) is 5.92 Å². The quantitative estimate of drug-likeness (QED) is 0.849. The highest BCUT2D eigenvalue weighted by Gasteiger charge is 2.33. The van der Waals surface area contributed by atoms with Crippen LogP contribution >= 0.6 is 0 Å². The lowest BCUT2D eigenvalue weighted by Crippen LogP contribution is -2.42. The Balaban J connectivity index is 1.31. The van der Waals surface area contributed by atoms with Gasteiger partial charge in [0, 0.05) is 38.6 Å². The van der Waals surface area contributed by atoms with Crippen LogP contribution in [-0.2, 0) is 29.2 Å². The highest BCUT2D eigenvalue weighted by Crippen LogP contribution is 2.26. The summed E-state index contributed by atoms with van der Waals surface area (Å²) in [6.07, 6.45) is 7.08. The Bertz CT molecular complexity index is 695. The van der Waals surface area contributed by atoms with Crippen molar-refractivity contribution in [1.29, 1.82) is 0 Å². The minimum Gasteiger partial charge on any atom is -0.350 e. The number of rotatable bonds is 5. The van der Waals surface area contributed by atoms with Crippen LogP contribution in [0.5, 0.6) is 0 Å². The van der Waals surface area contributed by atoms with E-state index in [1.54, 1.807) is 4.90 Å². The molecule has 1 aromatic heterocycles. The maximum atomic E-state index is 12.4. The number of hydrogen-bond acceptors (Lipinski definition) is 4. The molecule has 1 aliphatic carbocycles. The van der Waals surface area contributed by atoms with Crippen LogP contribution in [0.4, 0.5) is 0 Å². The van der Waals surface area contributed by atoms with Crippen molar-refractivity contribution in [2.75, 3.05) is 19.6 Å². The molecule has 3 aliphatic rings. The number of nitrogens with zero attached hydrogens (tertiary/aromatic N) is 4. The third-order valence-electron chi connectivity index (χ3n) is 6.38. The monoisotopic (exact) mass is 373 g/mol. The van der Waals surface area contributed by atoms with Gasteiger partial charge in [0.25, 0.3) is 0 Å². The van der Waals surface area contributed by atoms with E-state index in [-0.39, 0.29) is 17.7 Å². The van der Waals surface area contributed by atoms with Gasteiger partial charge in [0.2, 0.25) is 11.8 Å². The van der Waals surface area contributed by atoms with E-state index in [9.17, 15) is 9.59 Å². The number of amides is 2. The zero-order valence-corrected chi connectivity index (χ0v) is 16.3. The van der Waals surface area contributed by atoms with Crippen molar-refractivity contribution in [3.63, 3.8) is 0 Å². The molecule has 1 unspecified atom stereocenters. The molecular weight excluding hydrogens is 342 g/mol. The first-order valence-electron chi connectivity index (χ1n) is 10.5. The van der Waals surface area contributed by atoms with Crippen LogP contribution in [0.3, 0.4) is 0 Å². The molecule has 2 aliphatic heterocycles. The Morgan fingerprint density at radius 2 is 2.07 bits per heavy atom. The van der Waals surface area contributed by atoms with Gasteiger partial charge in [-0.25, -0.2) is 0 Å². The lowest BCUT2D eigenvalue weighted by molar-refractivity contribution is -0.128. The van der Waals surface area contributed by atoms with Crippen molar-refractivity contribution in [3.8, 4) is 0 Å². The van der Waals surface area contributed by atoms with Crippen molar-refractivity contribution >= 4 is 11.8 Å². The van der Waals surface area contributed by atoms with Gasteiger partial charge >= 0.3 is 0 Å². The second kappa shape index (κ2) is 8.00. The molecule has 148 valence electrons. The molecule has 27 heavy (non-hydrogen) atoms. The molecule has 0 radical (unpaired) electrons. The minimum absolute atomic E-state index is 0.0332. The molecule has 7 nitrogen and oxygen atoms in total. The topological polar surface area (TPSA) is 70.5 Å². The molecule has 2 amide bonds. The largest absolute Gasteiger partial charge is 0.350 e. The fraction of sp³-hybridized carbons (Fsp3) is 0.750. The van der Waals surface area contributed by atoms with Gasteiger partial charge in [-0.1, -0.05) is 19.3 Å². The summed E-state index contributed by atoms with van der Waals surface area (Å²) >= 11 is 0. The van der Waals surface area contributed by atoms with Crippen LogP contribution in [-0.4, -0.2) is 57.1 Å². The summed E-state index contributed by atoms with van der Waals surface area (Å²) in [7, 11) is 0. The van der Waals surface area contributed by atoms with Gasteiger partial charge in [0.15, 0.2) is 0 Å². The first-order chi connectivity index (χ1) is 13.1. The van der Waals surface area contributed by atoms with E-state index >= 15 is 0 Å². The minimum atomic E-state index is -0.225. The second-order valence-electron chi connectivity index (χ2n) is 8.16. The van der Waals surface area contributed by atoms with Crippen LogP contribution in [0, 0.1) is 5.92 Å². The molecule has 0 spiro atoms. The average Bonchev–Trinajstić information content (AvgIpc) is 3.28. The van der Waals surface area contributed by atoms with Gasteiger partial charge in [0.05, 0.1) is 30.4 Å². The first-order valence-corrected chi connectivity index (χ1v) is 10.5. The van der Waals surface area contributed by atoms with E-state index < -0.39 is 0 Å². The van der Waals surface area contributed by atoms with Crippen LogP contribution in [0.15, 0.2) is 6.07 Å². The average molecular weight is 374 g/mol. The highest BCUT2D eigenvalue weighted by atomic mass is 16.2. The Kier molecular flexibility index (Phi) is 5.48. The second-order valence-corrected chi connectivity index (χ2v) is 8.16. The number of aromatic nitrogens is 2. The Labute approximate surface area is 161 Å². The van der Waals surface area contributed by atoms with Gasteiger partial charge in [-0.2, -0.15) is 5.10 Å². The van der Waals surface area contributed by atoms with Crippen LogP contribution < -0.4 is 5.32 Å². The zero-order chi connectivity index (χ0) is 18.8. The molecule has 4 rings (SSSR count). The number of likely N-dealkylation sites (tertiary alicyclic amines) is 1. The molecule has 1 atom stereocenters. The van der Waals surface area contributed by atoms with Gasteiger partial charge in [-0.3, -0.25) is 19.2 Å². The fourth-order valence-corrected chi connectivity index (χ4v) is 4.77. The SMILES string of the molecule is CCN1CC(C(=O)NCc2cc3n(n2)CCN(C2CCCCC2)C3)CC1=O. The highest BCUT2D eigenvalue weighted by molar-refractivity contribution is 5.89. The number of nitrogens with one attached hydrogen (secondary N) is 1. The lowest BCUT2D eigenvalue weighted by Gasteiger charge is -2.36. The number of fused-ring (bicyclic) bond motifs is 1. The predicted octanol–water partition coefficient (Wildman–Crippen LogP) is 1.52. The van der Waals surface area contributed by atoms with Crippen molar-refractivity contribution in [1.82, 2.24) is 24.9 Å². The number of carbonyl (C=O) groups is 2. The van der Waals surface area contributed by atoms with Gasteiger partial charge in [-0.15, -0.1) is 0 Å². The fourth-order valence-electron chi connectivity index (χ4n) is 4.77. The third kappa shape index (κ3) is 4.03. The predicted molar refractivity (Wildman–Crippen MR) is 102 cm³/mol. The summed E-state index contributed by atoms with van der Waals surface area (Å²) in [5.74, 6) is -0.177. The van der Waals surface area contributed by atoms with Crippen molar-refractivity contribution in [3.05, 3.63) is 17.5 Å². The molecule has 1 aromatic rings. The molecule has 3 heterocycles. The van der Waals surface area contributed by atoms with E-state index in [1.165, 1.54) is 37.8 Å². The summed E-state index contributed by atoms with van der Waals surface area (Å²) in [6, 6.07) is 2.86. The summed E-state index contributed by atoms with van der Waals surface area (Å²) in [5, 5.41) is 7.66. The Hall–Kier alpha value is -1.89. The molecule has 1 saturated heterocycles.